The highest BCUT2D eigenvalue weighted by atomic mass is 35.5. The van der Waals surface area contributed by atoms with Crippen LogP contribution in [0.2, 0.25) is 10.0 Å². The molecule has 4 nitrogen and oxygen atoms in total. The number of aromatic nitrogens is 2. The quantitative estimate of drug-likeness (QED) is 0.753. The van der Waals surface area contributed by atoms with Crippen molar-refractivity contribution in [1.82, 2.24) is 9.55 Å². The van der Waals surface area contributed by atoms with Crippen LogP contribution in [0.15, 0.2) is 36.7 Å². The van der Waals surface area contributed by atoms with E-state index in [1.807, 2.05) is 24.7 Å². The van der Waals surface area contributed by atoms with Crippen LogP contribution in [0.3, 0.4) is 0 Å². The van der Waals surface area contributed by atoms with Crippen molar-refractivity contribution >= 4 is 45.8 Å². The summed E-state index contributed by atoms with van der Waals surface area (Å²) in [6, 6.07) is 6.88. The zero-order valence-corrected chi connectivity index (χ0v) is 13.5. The van der Waals surface area contributed by atoms with Gasteiger partial charge in [-0.25, -0.2) is 4.98 Å². The zero-order valence-electron chi connectivity index (χ0n) is 12.0. The van der Waals surface area contributed by atoms with E-state index in [9.17, 15) is 4.79 Å². The first-order chi connectivity index (χ1) is 10.5. The minimum atomic E-state index is -0.301. The fraction of sp³-hybridized carbons (Fsp3) is 0.125. The third-order valence-electron chi connectivity index (χ3n) is 3.46. The molecule has 112 valence electrons. The number of aryl methyl sites for hydroxylation is 2. The van der Waals surface area contributed by atoms with Crippen molar-refractivity contribution in [3.8, 4) is 0 Å². The lowest BCUT2D eigenvalue weighted by molar-refractivity contribution is 0.102. The van der Waals surface area contributed by atoms with Crippen LogP contribution >= 0.6 is 23.2 Å². The number of hydrogen-bond donors (Lipinski definition) is 1. The number of benzene rings is 1. The van der Waals surface area contributed by atoms with E-state index in [-0.39, 0.29) is 5.91 Å². The van der Waals surface area contributed by atoms with Gasteiger partial charge < -0.3 is 9.88 Å². The molecule has 0 unspecified atom stereocenters. The lowest BCUT2D eigenvalue weighted by Gasteiger charge is -2.08. The highest BCUT2D eigenvalue weighted by molar-refractivity contribution is 6.39. The first kappa shape index (κ1) is 14.9. The van der Waals surface area contributed by atoms with Crippen LogP contribution in [0.4, 0.5) is 5.69 Å². The molecular formula is C16H13Cl2N3O. The molecule has 3 aromatic rings. The van der Waals surface area contributed by atoms with Gasteiger partial charge in [0.05, 0.1) is 10.6 Å². The molecule has 2 aromatic heterocycles. The van der Waals surface area contributed by atoms with E-state index in [0.29, 0.717) is 21.3 Å². The molecule has 1 aromatic carbocycles. The summed E-state index contributed by atoms with van der Waals surface area (Å²) in [5, 5.41) is 4.61. The van der Waals surface area contributed by atoms with Gasteiger partial charge in [0.1, 0.15) is 5.65 Å². The summed E-state index contributed by atoms with van der Waals surface area (Å²) in [6.45, 7) is 1.94. The Balaban J connectivity index is 1.99. The van der Waals surface area contributed by atoms with E-state index < -0.39 is 0 Å². The van der Waals surface area contributed by atoms with E-state index >= 15 is 0 Å². The number of hydrogen-bond acceptors (Lipinski definition) is 2. The Morgan fingerprint density at radius 3 is 2.59 bits per heavy atom. The molecule has 1 amide bonds. The Morgan fingerprint density at radius 2 is 1.91 bits per heavy atom. The van der Waals surface area contributed by atoms with Gasteiger partial charge >= 0.3 is 0 Å². The van der Waals surface area contributed by atoms with Crippen molar-refractivity contribution in [3.63, 3.8) is 0 Å². The van der Waals surface area contributed by atoms with Gasteiger partial charge in [0.25, 0.3) is 5.91 Å². The fourth-order valence-electron chi connectivity index (χ4n) is 2.40. The lowest BCUT2D eigenvalue weighted by Crippen LogP contribution is -2.13. The SMILES string of the molecule is Cc1cn(C)c2ncc(C(=O)Nc3ccc(Cl)cc3)c(Cl)c12. The second kappa shape index (κ2) is 5.63. The molecule has 6 heteroatoms. The molecule has 0 saturated carbocycles. The molecule has 2 heterocycles. The maximum Gasteiger partial charge on any atom is 0.258 e. The van der Waals surface area contributed by atoms with Gasteiger partial charge in [-0.05, 0) is 36.8 Å². The topological polar surface area (TPSA) is 46.9 Å². The van der Waals surface area contributed by atoms with Crippen LogP contribution in [-0.4, -0.2) is 15.5 Å². The van der Waals surface area contributed by atoms with Gasteiger partial charge in [-0.15, -0.1) is 0 Å². The number of halogens is 2. The summed E-state index contributed by atoms with van der Waals surface area (Å²) in [7, 11) is 1.89. The number of carbonyl (C=O) groups excluding carboxylic acids is 1. The average molecular weight is 334 g/mol. The molecule has 0 aliphatic heterocycles. The summed E-state index contributed by atoms with van der Waals surface area (Å²) in [5.74, 6) is -0.301. The molecule has 0 atom stereocenters. The van der Waals surface area contributed by atoms with E-state index in [0.717, 1.165) is 16.6 Å². The van der Waals surface area contributed by atoms with Gasteiger partial charge in [-0.1, -0.05) is 23.2 Å². The normalized spacial score (nSPS) is 10.9. The molecule has 0 aliphatic carbocycles. The molecule has 1 N–H and O–H groups in total. The molecule has 0 fully saturated rings. The van der Waals surface area contributed by atoms with E-state index in [2.05, 4.69) is 10.3 Å². The predicted molar refractivity (Wildman–Crippen MR) is 89.9 cm³/mol. The number of pyridine rings is 1. The molecule has 0 radical (unpaired) electrons. The van der Waals surface area contributed by atoms with Crippen LogP contribution in [0.25, 0.3) is 11.0 Å². The summed E-state index contributed by atoms with van der Waals surface area (Å²) < 4.78 is 1.89. The Bertz CT molecular complexity index is 869. The van der Waals surface area contributed by atoms with Crippen molar-refractivity contribution in [2.45, 2.75) is 6.92 Å². The largest absolute Gasteiger partial charge is 0.335 e. The zero-order chi connectivity index (χ0) is 15.9. The first-order valence-electron chi connectivity index (χ1n) is 6.64. The molecule has 3 rings (SSSR count). The molecular weight excluding hydrogens is 321 g/mol. The monoisotopic (exact) mass is 333 g/mol. The Hall–Kier alpha value is -2.04. The number of anilines is 1. The Kier molecular flexibility index (Phi) is 3.81. The standard InChI is InChI=1S/C16H13Cl2N3O/c1-9-8-21(2)15-13(9)14(18)12(7-19-15)16(22)20-11-5-3-10(17)4-6-11/h3-8H,1-2H3,(H,20,22). The summed E-state index contributed by atoms with van der Waals surface area (Å²) in [5.41, 5.74) is 2.73. The van der Waals surface area contributed by atoms with Gasteiger partial charge in [0.2, 0.25) is 0 Å². The number of nitrogens with one attached hydrogen (secondary N) is 1. The summed E-state index contributed by atoms with van der Waals surface area (Å²) in [6.07, 6.45) is 3.43. The number of nitrogens with zero attached hydrogens (tertiary/aromatic N) is 2. The van der Waals surface area contributed by atoms with Crippen LogP contribution in [0.5, 0.6) is 0 Å². The first-order valence-corrected chi connectivity index (χ1v) is 7.40. The second-order valence-corrected chi connectivity index (χ2v) is 5.88. The van der Waals surface area contributed by atoms with Crippen molar-refractivity contribution in [3.05, 3.63) is 57.8 Å². The van der Waals surface area contributed by atoms with Gasteiger partial charge in [0.15, 0.2) is 0 Å². The fourth-order valence-corrected chi connectivity index (χ4v) is 2.90. The average Bonchev–Trinajstić information content (AvgIpc) is 2.77. The summed E-state index contributed by atoms with van der Waals surface area (Å²) in [4.78, 5) is 16.7. The van der Waals surface area contributed by atoms with E-state index in [1.54, 1.807) is 24.3 Å². The molecule has 0 spiro atoms. The van der Waals surface area contributed by atoms with Crippen molar-refractivity contribution in [2.24, 2.45) is 7.05 Å². The lowest BCUT2D eigenvalue weighted by atomic mass is 10.1. The van der Waals surface area contributed by atoms with Crippen LogP contribution in [-0.2, 0) is 7.05 Å². The predicted octanol–water partition coefficient (Wildman–Crippen LogP) is 4.44. The number of carbonyl (C=O) groups is 1. The Labute approximate surface area is 137 Å². The van der Waals surface area contributed by atoms with Crippen molar-refractivity contribution in [1.29, 1.82) is 0 Å². The van der Waals surface area contributed by atoms with E-state index in [1.165, 1.54) is 6.20 Å². The van der Waals surface area contributed by atoms with Gasteiger partial charge in [-0.2, -0.15) is 0 Å². The van der Waals surface area contributed by atoms with Crippen molar-refractivity contribution in [2.75, 3.05) is 5.32 Å². The van der Waals surface area contributed by atoms with Gasteiger partial charge in [0, 0.05) is 35.5 Å². The highest BCUT2D eigenvalue weighted by Crippen LogP contribution is 2.29. The maximum atomic E-state index is 12.4. The Morgan fingerprint density at radius 1 is 1.23 bits per heavy atom. The van der Waals surface area contributed by atoms with Gasteiger partial charge in [-0.3, -0.25) is 4.79 Å². The molecule has 0 aliphatic rings. The summed E-state index contributed by atoms with van der Waals surface area (Å²) >= 11 is 12.2. The second-order valence-electron chi connectivity index (χ2n) is 5.07. The minimum absolute atomic E-state index is 0.301. The molecule has 22 heavy (non-hydrogen) atoms. The van der Waals surface area contributed by atoms with Crippen LogP contribution in [0, 0.1) is 6.92 Å². The third kappa shape index (κ3) is 2.56. The number of fused-ring (bicyclic) bond motifs is 1. The minimum Gasteiger partial charge on any atom is -0.335 e. The highest BCUT2D eigenvalue weighted by Gasteiger charge is 2.17. The van der Waals surface area contributed by atoms with Crippen molar-refractivity contribution < 1.29 is 4.79 Å². The smallest absolute Gasteiger partial charge is 0.258 e. The van der Waals surface area contributed by atoms with Crippen LogP contribution in [0.1, 0.15) is 15.9 Å². The molecule has 0 saturated heterocycles. The third-order valence-corrected chi connectivity index (χ3v) is 4.10. The van der Waals surface area contributed by atoms with E-state index in [4.69, 9.17) is 23.2 Å². The van der Waals surface area contributed by atoms with Crippen LogP contribution < -0.4 is 5.32 Å². The maximum absolute atomic E-state index is 12.4. The molecule has 0 bridgehead atoms. The number of rotatable bonds is 2. The number of amides is 1.